The number of benzene rings is 1. The standard InChI is InChI=1S/C14H16N4O2/c1-10(13-9-15-6-7-16-13)17-11-4-3-5-12(8-11)18-14(19)20-2/h3-10,17H,1-2H3,(H,18,19). The quantitative estimate of drug-likeness (QED) is 0.895. The number of anilines is 2. The lowest BCUT2D eigenvalue weighted by Crippen LogP contribution is -2.12. The summed E-state index contributed by atoms with van der Waals surface area (Å²) in [6.07, 6.45) is 4.51. The molecule has 0 radical (unpaired) electrons. The van der Waals surface area contributed by atoms with Gasteiger partial charge < -0.3 is 10.1 Å². The summed E-state index contributed by atoms with van der Waals surface area (Å²) in [6, 6.07) is 7.38. The van der Waals surface area contributed by atoms with Gasteiger partial charge >= 0.3 is 6.09 Å². The maximum Gasteiger partial charge on any atom is 0.411 e. The van der Waals surface area contributed by atoms with Gasteiger partial charge in [0.15, 0.2) is 0 Å². The Kier molecular flexibility index (Phi) is 4.49. The van der Waals surface area contributed by atoms with Gasteiger partial charge in [0.1, 0.15) is 0 Å². The van der Waals surface area contributed by atoms with Crippen molar-refractivity contribution in [1.82, 2.24) is 9.97 Å². The number of hydrogen-bond acceptors (Lipinski definition) is 5. The number of amides is 1. The van der Waals surface area contributed by atoms with Gasteiger partial charge in [0.05, 0.1) is 25.0 Å². The monoisotopic (exact) mass is 272 g/mol. The van der Waals surface area contributed by atoms with Crippen molar-refractivity contribution in [2.45, 2.75) is 13.0 Å². The molecule has 1 amide bonds. The van der Waals surface area contributed by atoms with E-state index < -0.39 is 6.09 Å². The summed E-state index contributed by atoms with van der Waals surface area (Å²) in [5, 5.41) is 5.91. The number of methoxy groups -OCH3 is 1. The van der Waals surface area contributed by atoms with Crippen LogP contribution in [0.25, 0.3) is 0 Å². The van der Waals surface area contributed by atoms with Gasteiger partial charge in [0.25, 0.3) is 0 Å². The molecule has 20 heavy (non-hydrogen) atoms. The van der Waals surface area contributed by atoms with E-state index in [1.807, 2.05) is 25.1 Å². The Morgan fingerprint density at radius 2 is 2.10 bits per heavy atom. The van der Waals surface area contributed by atoms with Crippen molar-refractivity contribution in [3.8, 4) is 0 Å². The average molecular weight is 272 g/mol. The molecule has 2 aromatic rings. The molecule has 0 aliphatic heterocycles. The van der Waals surface area contributed by atoms with Crippen LogP contribution in [0.2, 0.25) is 0 Å². The molecule has 0 fully saturated rings. The zero-order valence-electron chi connectivity index (χ0n) is 11.3. The summed E-state index contributed by atoms with van der Waals surface area (Å²) in [7, 11) is 1.33. The fourth-order valence-corrected chi connectivity index (χ4v) is 1.71. The topological polar surface area (TPSA) is 76.1 Å². The third-order valence-corrected chi connectivity index (χ3v) is 2.70. The van der Waals surface area contributed by atoms with Crippen LogP contribution in [0.3, 0.4) is 0 Å². The predicted octanol–water partition coefficient (Wildman–Crippen LogP) is 2.83. The minimum absolute atomic E-state index is 0.0112. The summed E-state index contributed by atoms with van der Waals surface area (Å²) in [5.41, 5.74) is 2.38. The second-order valence-corrected chi connectivity index (χ2v) is 4.19. The molecule has 1 unspecified atom stereocenters. The van der Waals surface area contributed by atoms with Crippen molar-refractivity contribution in [3.05, 3.63) is 48.5 Å². The number of hydrogen-bond donors (Lipinski definition) is 2. The van der Waals surface area contributed by atoms with Crippen LogP contribution >= 0.6 is 0 Å². The molecule has 0 aliphatic carbocycles. The molecule has 0 bridgehead atoms. The Morgan fingerprint density at radius 3 is 2.80 bits per heavy atom. The van der Waals surface area contributed by atoms with Crippen molar-refractivity contribution < 1.29 is 9.53 Å². The van der Waals surface area contributed by atoms with Crippen LogP contribution in [0.4, 0.5) is 16.2 Å². The first-order chi connectivity index (χ1) is 9.69. The minimum atomic E-state index is -0.496. The van der Waals surface area contributed by atoms with Gasteiger partial charge in [-0.25, -0.2) is 4.79 Å². The smallest absolute Gasteiger partial charge is 0.411 e. The average Bonchev–Trinajstić information content (AvgIpc) is 2.48. The Balaban J connectivity index is 2.06. The maximum absolute atomic E-state index is 11.2. The SMILES string of the molecule is COC(=O)Nc1cccc(NC(C)c2cnccn2)c1. The first-order valence-electron chi connectivity index (χ1n) is 6.16. The summed E-state index contributed by atoms with van der Waals surface area (Å²) in [4.78, 5) is 19.4. The van der Waals surface area contributed by atoms with Crippen LogP contribution in [0, 0.1) is 0 Å². The van der Waals surface area contributed by atoms with E-state index in [0.717, 1.165) is 11.4 Å². The van der Waals surface area contributed by atoms with Crippen molar-refractivity contribution in [2.75, 3.05) is 17.7 Å². The van der Waals surface area contributed by atoms with Crippen LogP contribution in [0.1, 0.15) is 18.7 Å². The first-order valence-corrected chi connectivity index (χ1v) is 6.16. The molecule has 0 saturated carbocycles. The zero-order chi connectivity index (χ0) is 14.4. The molecule has 6 heteroatoms. The molecule has 1 atom stereocenters. The van der Waals surface area contributed by atoms with Gasteiger partial charge in [-0.3, -0.25) is 15.3 Å². The Bertz CT molecular complexity index is 574. The van der Waals surface area contributed by atoms with Crippen LogP contribution in [0.5, 0.6) is 0 Å². The van der Waals surface area contributed by atoms with Crippen molar-refractivity contribution >= 4 is 17.5 Å². The van der Waals surface area contributed by atoms with E-state index in [2.05, 4.69) is 25.3 Å². The molecule has 1 aromatic heterocycles. The van der Waals surface area contributed by atoms with E-state index >= 15 is 0 Å². The van der Waals surface area contributed by atoms with Crippen LogP contribution < -0.4 is 10.6 Å². The highest BCUT2D eigenvalue weighted by Gasteiger charge is 2.07. The number of aromatic nitrogens is 2. The summed E-state index contributed by atoms with van der Waals surface area (Å²) >= 11 is 0. The maximum atomic E-state index is 11.2. The lowest BCUT2D eigenvalue weighted by atomic mass is 10.2. The number of carbonyl (C=O) groups is 1. The number of ether oxygens (including phenoxy) is 1. The molecule has 2 N–H and O–H groups in total. The summed E-state index contributed by atoms with van der Waals surface area (Å²) in [6.45, 7) is 1.99. The zero-order valence-corrected chi connectivity index (χ0v) is 11.3. The third-order valence-electron chi connectivity index (χ3n) is 2.70. The van der Waals surface area contributed by atoms with E-state index in [1.54, 1.807) is 24.7 Å². The van der Waals surface area contributed by atoms with Crippen LogP contribution in [-0.2, 0) is 4.74 Å². The fraction of sp³-hybridized carbons (Fsp3) is 0.214. The van der Waals surface area contributed by atoms with E-state index in [0.29, 0.717) is 5.69 Å². The molecule has 2 rings (SSSR count). The van der Waals surface area contributed by atoms with E-state index in [4.69, 9.17) is 0 Å². The Labute approximate surface area is 117 Å². The molecule has 0 spiro atoms. The molecule has 0 saturated heterocycles. The van der Waals surface area contributed by atoms with Gasteiger partial charge in [0.2, 0.25) is 0 Å². The van der Waals surface area contributed by atoms with Crippen LogP contribution in [-0.4, -0.2) is 23.2 Å². The summed E-state index contributed by atoms with van der Waals surface area (Å²) in [5.74, 6) is 0. The molecular formula is C14H16N4O2. The molecular weight excluding hydrogens is 256 g/mol. The van der Waals surface area contributed by atoms with Crippen molar-refractivity contribution in [2.24, 2.45) is 0 Å². The van der Waals surface area contributed by atoms with E-state index in [1.165, 1.54) is 7.11 Å². The molecule has 6 nitrogen and oxygen atoms in total. The Morgan fingerprint density at radius 1 is 1.30 bits per heavy atom. The van der Waals surface area contributed by atoms with Gasteiger partial charge in [-0.2, -0.15) is 0 Å². The molecule has 1 aromatic carbocycles. The van der Waals surface area contributed by atoms with Crippen molar-refractivity contribution in [3.63, 3.8) is 0 Å². The van der Waals surface area contributed by atoms with E-state index in [9.17, 15) is 4.79 Å². The van der Waals surface area contributed by atoms with Gasteiger partial charge in [-0.05, 0) is 25.1 Å². The first kappa shape index (κ1) is 13.8. The molecule has 104 valence electrons. The number of nitrogens with one attached hydrogen (secondary N) is 2. The summed E-state index contributed by atoms with van der Waals surface area (Å²) < 4.78 is 4.56. The molecule has 0 aliphatic rings. The normalized spacial score (nSPS) is 11.5. The Hall–Kier alpha value is -2.63. The minimum Gasteiger partial charge on any atom is -0.453 e. The third kappa shape index (κ3) is 3.68. The fourth-order valence-electron chi connectivity index (χ4n) is 1.71. The highest BCUT2D eigenvalue weighted by Crippen LogP contribution is 2.20. The second-order valence-electron chi connectivity index (χ2n) is 4.19. The number of rotatable bonds is 4. The van der Waals surface area contributed by atoms with Crippen molar-refractivity contribution in [1.29, 1.82) is 0 Å². The lowest BCUT2D eigenvalue weighted by molar-refractivity contribution is 0.187. The highest BCUT2D eigenvalue weighted by molar-refractivity contribution is 5.85. The van der Waals surface area contributed by atoms with Gasteiger partial charge in [-0.1, -0.05) is 6.07 Å². The number of nitrogens with zero attached hydrogens (tertiary/aromatic N) is 2. The molecule has 1 heterocycles. The lowest BCUT2D eigenvalue weighted by Gasteiger charge is -2.15. The highest BCUT2D eigenvalue weighted by atomic mass is 16.5. The largest absolute Gasteiger partial charge is 0.453 e. The second kappa shape index (κ2) is 6.51. The predicted molar refractivity (Wildman–Crippen MR) is 76.5 cm³/mol. The van der Waals surface area contributed by atoms with Crippen LogP contribution in [0.15, 0.2) is 42.9 Å². The van der Waals surface area contributed by atoms with Gasteiger partial charge in [-0.15, -0.1) is 0 Å². The van der Waals surface area contributed by atoms with Gasteiger partial charge in [0, 0.05) is 23.8 Å². The van der Waals surface area contributed by atoms with E-state index in [-0.39, 0.29) is 6.04 Å². The number of carbonyl (C=O) groups excluding carboxylic acids is 1.